The van der Waals surface area contributed by atoms with Gasteiger partial charge in [-0.3, -0.25) is 24.3 Å². The van der Waals surface area contributed by atoms with Crippen LogP contribution >= 0.6 is 11.3 Å². The number of carbonyl (C=O) groups is 2. The lowest BCUT2D eigenvalue weighted by atomic mass is 10.1. The van der Waals surface area contributed by atoms with Gasteiger partial charge in [0.15, 0.2) is 5.82 Å². The summed E-state index contributed by atoms with van der Waals surface area (Å²) in [6.07, 6.45) is 3.27. The number of carbonyl (C=O) groups excluding carboxylic acids is 2. The van der Waals surface area contributed by atoms with Gasteiger partial charge in [-0.25, -0.2) is 0 Å². The van der Waals surface area contributed by atoms with E-state index in [0.717, 1.165) is 16.9 Å². The van der Waals surface area contributed by atoms with Crippen molar-refractivity contribution in [3.05, 3.63) is 99.1 Å². The molecule has 9 nitrogen and oxygen atoms in total. The zero-order valence-corrected chi connectivity index (χ0v) is 19.8. The Balaban J connectivity index is 1.39. The van der Waals surface area contributed by atoms with Crippen LogP contribution in [0.25, 0.3) is 21.9 Å². The number of hydrogen-bond acceptors (Lipinski definition) is 7. The van der Waals surface area contributed by atoms with Crippen LogP contribution in [0.15, 0.2) is 77.9 Å². The van der Waals surface area contributed by atoms with Gasteiger partial charge in [-0.1, -0.05) is 47.2 Å². The lowest BCUT2D eigenvalue weighted by molar-refractivity contribution is -0.118. The number of benzene rings is 2. The zero-order valence-electron chi connectivity index (χ0n) is 19.0. The molecule has 36 heavy (non-hydrogen) atoms. The molecule has 0 unspecified atom stereocenters. The number of aryl methyl sites for hydroxylation is 1. The minimum atomic E-state index is -0.429. The SMILES string of the molecule is Cc1ccc(NC(=O)CN2C(=O)/C(=c3\sc4nc(-c5cccnc5)nn4c3=O)c3ccccc32)cc1. The van der Waals surface area contributed by atoms with Crippen LogP contribution in [0.2, 0.25) is 0 Å². The maximum atomic E-state index is 13.6. The minimum Gasteiger partial charge on any atom is -0.325 e. The van der Waals surface area contributed by atoms with Crippen LogP contribution < -0.4 is 20.3 Å². The molecule has 0 saturated heterocycles. The highest BCUT2D eigenvalue weighted by Gasteiger charge is 2.35. The van der Waals surface area contributed by atoms with E-state index in [4.69, 9.17) is 0 Å². The third-order valence-corrected chi connectivity index (χ3v) is 6.89. The second-order valence-corrected chi connectivity index (χ2v) is 9.28. The van der Waals surface area contributed by atoms with E-state index in [-0.39, 0.29) is 22.6 Å². The molecular formula is C26H18N6O3S. The molecule has 2 aromatic carbocycles. The third kappa shape index (κ3) is 3.64. The quantitative estimate of drug-likeness (QED) is 0.411. The van der Waals surface area contributed by atoms with Crippen molar-refractivity contribution < 1.29 is 9.59 Å². The number of nitrogens with one attached hydrogen (secondary N) is 1. The van der Waals surface area contributed by atoms with Gasteiger partial charge in [-0.05, 0) is 37.3 Å². The molecular weight excluding hydrogens is 476 g/mol. The molecule has 0 radical (unpaired) electrons. The van der Waals surface area contributed by atoms with Crippen molar-refractivity contribution in [3.63, 3.8) is 0 Å². The second kappa shape index (κ2) is 8.51. The molecule has 0 spiro atoms. The molecule has 10 heteroatoms. The van der Waals surface area contributed by atoms with Gasteiger partial charge in [0.1, 0.15) is 11.1 Å². The van der Waals surface area contributed by atoms with Gasteiger partial charge in [0.05, 0.1) is 11.3 Å². The van der Waals surface area contributed by atoms with Crippen molar-refractivity contribution >= 4 is 45.1 Å². The van der Waals surface area contributed by atoms with Crippen molar-refractivity contribution in [2.45, 2.75) is 6.92 Å². The zero-order chi connectivity index (χ0) is 24.8. The molecule has 1 aliphatic rings. The van der Waals surface area contributed by atoms with E-state index in [1.165, 1.54) is 9.42 Å². The van der Waals surface area contributed by atoms with Crippen molar-refractivity contribution in [2.24, 2.45) is 0 Å². The first-order valence-electron chi connectivity index (χ1n) is 11.1. The molecule has 0 saturated carbocycles. The highest BCUT2D eigenvalue weighted by atomic mass is 32.1. The van der Waals surface area contributed by atoms with Crippen LogP contribution in [-0.2, 0) is 9.59 Å². The molecule has 3 aromatic heterocycles. The average molecular weight is 495 g/mol. The standard InChI is InChI=1S/C26H18N6O3S/c1-15-8-10-17(11-9-15)28-20(33)14-31-19-7-3-2-6-18(19)21(24(31)34)22-25(35)32-26(36-22)29-23(30-32)16-5-4-12-27-13-16/h2-13H,14H2,1H3,(H,28,33)/b22-21-. The van der Waals surface area contributed by atoms with Crippen molar-refractivity contribution in [1.29, 1.82) is 0 Å². The first-order valence-corrected chi connectivity index (χ1v) is 11.9. The van der Waals surface area contributed by atoms with Crippen molar-refractivity contribution in [1.82, 2.24) is 19.6 Å². The summed E-state index contributed by atoms with van der Waals surface area (Å²) in [6.45, 7) is 1.78. The van der Waals surface area contributed by atoms with E-state index in [9.17, 15) is 14.4 Å². The van der Waals surface area contributed by atoms with Crippen LogP contribution in [-0.4, -0.2) is 37.9 Å². The maximum absolute atomic E-state index is 13.6. The Bertz CT molecular complexity index is 1760. The number of para-hydroxylation sites is 1. The molecule has 0 aliphatic carbocycles. The van der Waals surface area contributed by atoms with Crippen molar-refractivity contribution in [2.75, 3.05) is 16.8 Å². The monoisotopic (exact) mass is 494 g/mol. The third-order valence-electron chi connectivity index (χ3n) is 5.86. The molecule has 6 rings (SSSR count). The number of fused-ring (bicyclic) bond motifs is 2. The number of rotatable bonds is 4. The number of aromatic nitrogens is 4. The van der Waals surface area contributed by atoms with Crippen LogP contribution in [0.4, 0.5) is 11.4 Å². The fraction of sp³-hybridized carbons (Fsp3) is 0.0769. The summed E-state index contributed by atoms with van der Waals surface area (Å²) in [5.41, 5.74) is 3.40. The first kappa shape index (κ1) is 21.8. The largest absolute Gasteiger partial charge is 0.325 e. The van der Waals surface area contributed by atoms with E-state index in [1.807, 2.05) is 37.3 Å². The van der Waals surface area contributed by atoms with Crippen LogP contribution in [0.1, 0.15) is 11.1 Å². The Hall–Kier alpha value is -4.70. The molecule has 176 valence electrons. The fourth-order valence-electron chi connectivity index (χ4n) is 4.14. The van der Waals surface area contributed by atoms with Gasteiger partial charge >= 0.3 is 0 Å². The van der Waals surface area contributed by atoms with E-state index >= 15 is 0 Å². The lowest BCUT2D eigenvalue weighted by Crippen LogP contribution is -2.37. The Labute approximate surface area is 208 Å². The number of nitrogens with zero attached hydrogens (tertiary/aromatic N) is 5. The predicted molar refractivity (Wildman–Crippen MR) is 137 cm³/mol. The van der Waals surface area contributed by atoms with Crippen LogP contribution in [0.3, 0.4) is 0 Å². The lowest BCUT2D eigenvalue weighted by Gasteiger charge is -2.16. The Kier molecular flexibility index (Phi) is 5.15. The molecule has 5 aromatic rings. The summed E-state index contributed by atoms with van der Waals surface area (Å²) in [7, 11) is 0. The maximum Gasteiger partial charge on any atom is 0.291 e. The first-order chi connectivity index (χ1) is 17.5. The summed E-state index contributed by atoms with van der Waals surface area (Å²) in [6, 6.07) is 18.1. The number of hydrogen-bond donors (Lipinski definition) is 1. The predicted octanol–water partition coefficient (Wildman–Crippen LogP) is 2.42. The number of pyridine rings is 1. The summed E-state index contributed by atoms with van der Waals surface area (Å²) in [5, 5.41) is 7.16. The van der Waals surface area contributed by atoms with E-state index in [1.54, 1.807) is 42.7 Å². The number of anilines is 2. The summed E-state index contributed by atoms with van der Waals surface area (Å²) in [4.78, 5) is 49.9. The Morgan fingerprint density at radius 2 is 1.83 bits per heavy atom. The van der Waals surface area contributed by atoms with Crippen molar-refractivity contribution in [3.8, 4) is 11.4 Å². The van der Waals surface area contributed by atoms with Gasteiger partial charge in [0, 0.05) is 29.2 Å². The molecule has 0 atom stereocenters. The summed E-state index contributed by atoms with van der Waals surface area (Å²) in [5.74, 6) is -0.366. The minimum absolute atomic E-state index is 0.187. The van der Waals surface area contributed by atoms with Gasteiger partial charge in [0.2, 0.25) is 10.9 Å². The average Bonchev–Trinajstić information content (AvgIpc) is 3.52. The summed E-state index contributed by atoms with van der Waals surface area (Å²) < 4.78 is 1.44. The molecule has 2 amide bonds. The normalized spacial score (nSPS) is 14.4. The highest BCUT2D eigenvalue weighted by Crippen LogP contribution is 2.35. The smallest absolute Gasteiger partial charge is 0.291 e. The molecule has 0 fully saturated rings. The Morgan fingerprint density at radius 1 is 1.03 bits per heavy atom. The van der Waals surface area contributed by atoms with Gasteiger partial charge in [0.25, 0.3) is 11.5 Å². The molecule has 1 aliphatic heterocycles. The number of amides is 2. The molecule has 1 N–H and O–H groups in total. The van der Waals surface area contributed by atoms with E-state index in [0.29, 0.717) is 33.3 Å². The highest BCUT2D eigenvalue weighted by molar-refractivity contribution is 7.15. The van der Waals surface area contributed by atoms with E-state index in [2.05, 4.69) is 20.4 Å². The molecule has 0 bridgehead atoms. The van der Waals surface area contributed by atoms with Gasteiger partial charge in [-0.15, -0.1) is 5.10 Å². The van der Waals surface area contributed by atoms with E-state index < -0.39 is 11.5 Å². The molecule has 4 heterocycles. The fourth-order valence-corrected chi connectivity index (χ4v) is 5.14. The van der Waals surface area contributed by atoms with Gasteiger partial charge in [-0.2, -0.15) is 9.50 Å². The van der Waals surface area contributed by atoms with Gasteiger partial charge < -0.3 is 5.32 Å². The summed E-state index contributed by atoms with van der Waals surface area (Å²) >= 11 is 1.10. The second-order valence-electron chi connectivity index (χ2n) is 8.31. The van der Waals surface area contributed by atoms with Crippen LogP contribution in [0.5, 0.6) is 0 Å². The topological polar surface area (TPSA) is 110 Å². The van der Waals surface area contributed by atoms with Crippen LogP contribution in [0, 0.1) is 6.92 Å². The Morgan fingerprint density at radius 3 is 2.58 bits per heavy atom. The number of thiazole rings is 1.